The van der Waals surface area contributed by atoms with Crippen LogP contribution in [0.25, 0.3) is 32.6 Å². The summed E-state index contributed by atoms with van der Waals surface area (Å²) in [6, 6.07) is 4.24. The molecule has 0 aliphatic carbocycles. The van der Waals surface area contributed by atoms with Gasteiger partial charge in [0.2, 0.25) is 5.43 Å². The van der Waals surface area contributed by atoms with Crippen molar-refractivity contribution in [1.29, 1.82) is 0 Å². The molecule has 5 N–H and O–H groups in total. The van der Waals surface area contributed by atoms with Gasteiger partial charge < -0.3 is 24.8 Å². The Morgan fingerprint density at radius 1 is 1.18 bits per heavy atom. The van der Waals surface area contributed by atoms with Crippen molar-refractivity contribution in [2.24, 2.45) is 5.92 Å². The molecule has 0 fully saturated rings. The number of fused-ring (bicyclic) bond motifs is 1. The van der Waals surface area contributed by atoms with Crippen LogP contribution < -0.4 is 16.1 Å². The number of phosphoric acid groups is 1. The van der Waals surface area contributed by atoms with Gasteiger partial charge in [0.25, 0.3) is 0 Å². The molecule has 0 saturated carbocycles. The highest BCUT2D eigenvalue weighted by Gasteiger charge is 2.34. The molecule has 4 rings (SSSR count). The lowest BCUT2D eigenvalue weighted by atomic mass is 9.98. The van der Waals surface area contributed by atoms with E-state index in [9.17, 15) is 47.0 Å². The summed E-state index contributed by atoms with van der Waals surface area (Å²) in [5, 5.41) is 15.5. The minimum atomic E-state index is -4.89. The zero-order valence-electron chi connectivity index (χ0n) is 23.8. The van der Waals surface area contributed by atoms with E-state index < -0.39 is 55.3 Å². The number of carboxylic acids is 1. The van der Waals surface area contributed by atoms with Crippen LogP contribution in [0.5, 0.6) is 0 Å². The number of urea groups is 1. The summed E-state index contributed by atoms with van der Waals surface area (Å²) in [6.07, 6.45) is -2.37. The molecule has 1 unspecified atom stereocenters. The maximum atomic E-state index is 13.4. The van der Waals surface area contributed by atoms with Crippen molar-refractivity contribution in [2.45, 2.75) is 33.0 Å². The quantitative estimate of drug-likeness (QED) is 0.137. The highest BCUT2D eigenvalue weighted by Crippen LogP contribution is 2.40. The molecule has 13 nitrogen and oxygen atoms in total. The molecular weight excluding hydrogens is 642 g/mol. The number of aromatic nitrogens is 3. The minimum absolute atomic E-state index is 0.00426. The average molecular weight is 670 g/mol. The molecule has 0 saturated heterocycles. The first-order chi connectivity index (χ1) is 21.0. The summed E-state index contributed by atoms with van der Waals surface area (Å²) < 4.78 is 57.8. The third kappa shape index (κ3) is 7.75. The van der Waals surface area contributed by atoms with Gasteiger partial charge in [-0.05, 0) is 36.6 Å². The lowest BCUT2D eigenvalue weighted by molar-refractivity contribution is -0.140. The Morgan fingerprint density at radius 2 is 1.89 bits per heavy atom. The zero-order valence-corrected chi connectivity index (χ0v) is 25.5. The second-order valence-corrected chi connectivity index (χ2v) is 12.1. The van der Waals surface area contributed by atoms with Crippen LogP contribution in [-0.2, 0) is 15.3 Å². The van der Waals surface area contributed by atoms with E-state index in [4.69, 9.17) is 4.52 Å². The number of nitrogens with one attached hydrogen (secondary N) is 2. The topological polar surface area (TPSA) is 193 Å². The van der Waals surface area contributed by atoms with E-state index in [1.807, 2.05) is 0 Å². The van der Waals surface area contributed by atoms with Crippen molar-refractivity contribution in [1.82, 2.24) is 19.9 Å². The number of phosphoric ester groups is 1. The maximum Gasteiger partial charge on any atom is 0.469 e. The van der Waals surface area contributed by atoms with E-state index >= 15 is 0 Å². The van der Waals surface area contributed by atoms with E-state index in [2.05, 4.69) is 20.6 Å². The second-order valence-electron chi connectivity index (χ2n) is 10.0. The van der Waals surface area contributed by atoms with Crippen molar-refractivity contribution in [3.63, 3.8) is 0 Å². The van der Waals surface area contributed by atoms with Crippen LogP contribution in [0.2, 0.25) is 0 Å². The van der Waals surface area contributed by atoms with Crippen molar-refractivity contribution in [3.8, 4) is 21.7 Å². The number of rotatable bonds is 10. The maximum absolute atomic E-state index is 13.4. The third-order valence-electron chi connectivity index (χ3n) is 6.62. The molecule has 45 heavy (non-hydrogen) atoms. The number of amides is 2. The van der Waals surface area contributed by atoms with Gasteiger partial charge in [-0.3, -0.25) is 14.6 Å². The van der Waals surface area contributed by atoms with Gasteiger partial charge in [0.1, 0.15) is 16.4 Å². The molecule has 0 radical (unpaired) electrons. The molecular formula is C27H27F3N5O8PS. The highest BCUT2D eigenvalue weighted by molar-refractivity contribution is 7.46. The van der Waals surface area contributed by atoms with Crippen molar-refractivity contribution in [2.75, 3.05) is 18.5 Å². The first-order valence-electron chi connectivity index (χ1n) is 13.2. The summed E-state index contributed by atoms with van der Waals surface area (Å²) in [4.78, 5) is 64.0. The first-order valence-corrected chi connectivity index (χ1v) is 15.6. The molecule has 1 atom stereocenters. The molecule has 18 heteroatoms. The Bertz CT molecular complexity index is 1870. The number of halogens is 3. The lowest BCUT2D eigenvalue weighted by Crippen LogP contribution is -2.28. The number of anilines is 1. The number of carbonyl (C=O) groups is 2. The van der Waals surface area contributed by atoms with E-state index in [-0.39, 0.29) is 44.3 Å². The van der Waals surface area contributed by atoms with Crippen LogP contribution in [-0.4, -0.2) is 54.6 Å². The van der Waals surface area contributed by atoms with Crippen LogP contribution in [0.15, 0.2) is 46.8 Å². The fourth-order valence-electron chi connectivity index (χ4n) is 4.50. The van der Waals surface area contributed by atoms with Gasteiger partial charge in [-0.25, -0.2) is 24.1 Å². The molecule has 1 aromatic carbocycles. The number of hydrogen-bond donors (Lipinski definition) is 5. The van der Waals surface area contributed by atoms with Crippen molar-refractivity contribution in [3.05, 3.63) is 63.5 Å². The Morgan fingerprint density at radius 3 is 2.47 bits per heavy atom. The molecule has 0 aliphatic heterocycles. The van der Waals surface area contributed by atoms with E-state index in [1.54, 1.807) is 20.8 Å². The molecule has 0 aliphatic rings. The van der Waals surface area contributed by atoms with Gasteiger partial charge in [-0.15, -0.1) is 11.3 Å². The largest absolute Gasteiger partial charge is 0.477 e. The van der Waals surface area contributed by atoms with Crippen LogP contribution in [0.1, 0.15) is 42.9 Å². The number of aromatic carboxylic acids is 1. The van der Waals surface area contributed by atoms with E-state index in [1.165, 1.54) is 35.0 Å². The fraction of sp³-hybridized carbons (Fsp3) is 0.296. The third-order valence-corrected chi connectivity index (χ3v) is 7.98. The normalized spacial score (nSPS) is 12.8. The van der Waals surface area contributed by atoms with Gasteiger partial charge in [0.15, 0.2) is 5.69 Å². The smallest absolute Gasteiger partial charge is 0.469 e. The SMILES string of the molecule is CCNC(=O)Nc1cc(-c2nc(C(F)(F)F)cs2)c(-c2ccc3c(c2)c(=O)c(C(=O)O)cn3C(COP(=O)(O)O)C(C)C)cn1. The van der Waals surface area contributed by atoms with Crippen LogP contribution in [0.3, 0.4) is 0 Å². The van der Waals surface area contributed by atoms with Crippen LogP contribution in [0.4, 0.5) is 23.8 Å². The monoisotopic (exact) mass is 669 g/mol. The summed E-state index contributed by atoms with van der Waals surface area (Å²) >= 11 is 0.698. The van der Waals surface area contributed by atoms with E-state index in [0.29, 0.717) is 17.9 Å². The average Bonchev–Trinajstić information content (AvgIpc) is 3.44. The van der Waals surface area contributed by atoms with Crippen LogP contribution >= 0.6 is 19.2 Å². The number of nitrogens with zero attached hydrogens (tertiary/aromatic N) is 3. The number of carbonyl (C=O) groups excluding carboxylic acids is 1. The molecule has 3 heterocycles. The molecule has 0 spiro atoms. The summed E-state index contributed by atoms with van der Waals surface area (Å²) in [5.41, 5.74) is -1.80. The number of benzene rings is 1. The standard InChI is InChI=1S/C27H27F3N5O8PS/c1-4-31-26(39)34-22-8-15(24-33-21(12-45-24)27(28,29)30)17(9-32-22)14-5-6-19-16(7-14)23(36)18(25(37)38)10-35(19)20(13(2)3)11-43-44(40,41)42/h5-10,12-13,20H,4,11H2,1-3H3,(H,37,38)(H2,40,41,42)(H2,31,32,34,39). The first kappa shape index (κ1) is 33.7. The molecule has 240 valence electrons. The summed E-state index contributed by atoms with van der Waals surface area (Å²) in [6.45, 7) is 4.90. The highest BCUT2D eigenvalue weighted by atomic mass is 32.1. The Labute approximate surface area is 257 Å². The summed E-state index contributed by atoms with van der Waals surface area (Å²) in [7, 11) is -4.89. The van der Waals surface area contributed by atoms with Gasteiger partial charge in [-0.2, -0.15) is 13.2 Å². The predicted octanol–water partition coefficient (Wildman–Crippen LogP) is 5.35. The van der Waals surface area contributed by atoms with Crippen LogP contribution in [0, 0.1) is 5.92 Å². The van der Waals surface area contributed by atoms with Gasteiger partial charge in [0, 0.05) is 40.8 Å². The van der Waals surface area contributed by atoms with Gasteiger partial charge in [-0.1, -0.05) is 19.9 Å². The Balaban J connectivity index is 1.94. The number of thiazole rings is 1. The molecule has 4 aromatic rings. The Kier molecular flexibility index (Phi) is 9.80. The number of carboxylic acid groups (broad SMARTS) is 1. The van der Waals surface area contributed by atoms with Crippen molar-refractivity contribution >= 4 is 47.9 Å². The Hall–Kier alpha value is -4.15. The van der Waals surface area contributed by atoms with Gasteiger partial charge >= 0.3 is 26.0 Å². The summed E-state index contributed by atoms with van der Waals surface area (Å²) in [5.74, 6) is -1.90. The zero-order chi connectivity index (χ0) is 33.3. The molecule has 0 bridgehead atoms. The van der Waals surface area contributed by atoms with Gasteiger partial charge in [0.05, 0.1) is 18.2 Å². The predicted molar refractivity (Wildman–Crippen MR) is 159 cm³/mol. The molecule has 3 aromatic heterocycles. The second kappa shape index (κ2) is 13.1. The minimum Gasteiger partial charge on any atom is -0.477 e. The number of alkyl halides is 3. The number of hydrogen-bond acceptors (Lipinski definition) is 8. The number of pyridine rings is 2. The van der Waals surface area contributed by atoms with E-state index in [0.717, 1.165) is 11.6 Å². The van der Waals surface area contributed by atoms with Crippen molar-refractivity contribution < 1.29 is 46.7 Å². The lowest BCUT2D eigenvalue weighted by Gasteiger charge is -2.26. The fourth-order valence-corrected chi connectivity index (χ4v) is 5.70. The molecule has 2 amide bonds.